The largest absolute Gasteiger partial charge is 0.464 e. The Hall–Kier alpha value is -1.61. The molecule has 1 atom stereocenters. The van der Waals surface area contributed by atoms with E-state index in [0.717, 1.165) is 5.56 Å². The maximum Gasteiger partial charge on any atom is 0.331 e. The summed E-state index contributed by atoms with van der Waals surface area (Å²) in [7, 11) is 0. The van der Waals surface area contributed by atoms with Crippen LogP contribution in [-0.2, 0) is 15.1 Å². The van der Waals surface area contributed by atoms with Crippen molar-refractivity contribution in [1.29, 1.82) is 0 Å². The summed E-state index contributed by atoms with van der Waals surface area (Å²) in [4.78, 5) is 11.9. The molecule has 1 unspecified atom stereocenters. The Labute approximate surface area is 95.9 Å². The van der Waals surface area contributed by atoms with Gasteiger partial charge in [0, 0.05) is 0 Å². The molecule has 0 aromatic heterocycles. The fourth-order valence-electron chi connectivity index (χ4n) is 1.54. The number of carbonyl (C=O) groups is 1. The number of esters is 1. The van der Waals surface area contributed by atoms with Crippen molar-refractivity contribution < 1.29 is 9.53 Å². The minimum absolute atomic E-state index is 0.321. The van der Waals surface area contributed by atoms with E-state index in [9.17, 15) is 4.79 Å². The highest BCUT2D eigenvalue weighted by atomic mass is 16.5. The van der Waals surface area contributed by atoms with Crippen LogP contribution in [0, 0.1) is 0 Å². The quantitative estimate of drug-likeness (QED) is 0.608. The third-order valence-corrected chi connectivity index (χ3v) is 2.39. The number of hydrogen-bond acceptors (Lipinski definition) is 3. The molecule has 1 aromatic rings. The highest BCUT2D eigenvalue weighted by molar-refractivity contribution is 5.82. The van der Waals surface area contributed by atoms with Crippen LogP contribution in [0.2, 0.25) is 0 Å². The lowest BCUT2D eigenvalue weighted by atomic mass is 9.88. The zero-order valence-corrected chi connectivity index (χ0v) is 9.48. The first kappa shape index (κ1) is 12.5. The second-order valence-corrected chi connectivity index (χ2v) is 3.55. The van der Waals surface area contributed by atoms with Crippen molar-refractivity contribution >= 4 is 5.97 Å². The first-order chi connectivity index (χ1) is 7.65. The van der Waals surface area contributed by atoms with Crippen molar-refractivity contribution in [3.8, 4) is 0 Å². The van der Waals surface area contributed by atoms with Crippen LogP contribution >= 0.6 is 0 Å². The molecule has 0 aliphatic heterocycles. The van der Waals surface area contributed by atoms with E-state index >= 15 is 0 Å². The van der Waals surface area contributed by atoms with Crippen LogP contribution in [0.5, 0.6) is 0 Å². The van der Waals surface area contributed by atoms with Gasteiger partial charge in [-0.25, -0.2) is 4.79 Å². The van der Waals surface area contributed by atoms with E-state index in [0.29, 0.717) is 13.0 Å². The third-order valence-electron chi connectivity index (χ3n) is 2.39. The predicted molar refractivity (Wildman–Crippen MR) is 63.8 cm³/mol. The molecule has 0 heterocycles. The van der Waals surface area contributed by atoms with Gasteiger partial charge in [0.1, 0.15) is 5.54 Å². The maximum absolute atomic E-state index is 11.9. The van der Waals surface area contributed by atoms with E-state index in [-0.39, 0.29) is 0 Å². The smallest absolute Gasteiger partial charge is 0.331 e. The van der Waals surface area contributed by atoms with E-state index in [2.05, 4.69) is 6.58 Å². The van der Waals surface area contributed by atoms with Crippen molar-refractivity contribution in [2.45, 2.75) is 18.9 Å². The molecule has 2 N–H and O–H groups in total. The maximum atomic E-state index is 11.9. The molecule has 3 heteroatoms. The predicted octanol–water partition coefficient (Wildman–Crippen LogP) is 1.98. The lowest BCUT2D eigenvalue weighted by Gasteiger charge is -2.26. The zero-order chi connectivity index (χ0) is 12.0. The van der Waals surface area contributed by atoms with Gasteiger partial charge in [-0.3, -0.25) is 0 Å². The molecule has 16 heavy (non-hydrogen) atoms. The Morgan fingerprint density at radius 3 is 2.62 bits per heavy atom. The molecule has 86 valence electrons. The van der Waals surface area contributed by atoms with Crippen molar-refractivity contribution in [2.75, 3.05) is 6.61 Å². The van der Waals surface area contributed by atoms with Gasteiger partial charge >= 0.3 is 5.97 Å². The first-order valence-electron chi connectivity index (χ1n) is 5.27. The molecule has 1 rings (SSSR count). The van der Waals surface area contributed by atoms with Gasteiger partial charge in [-0.05, 0) is 18.9 Å². The average molecular weight is 219 g/mol. The van der Waals surface area contributed by atoms with Crippen molar-refractivity contribution in [3.63, 3.8) is 0 Å². The summed E-state index contributed by atoms with van der Waals surface area (Å²) in [5.74, 6) is -0.416. The van der Waals surface area contributed by atoms with E-state index in [1.54, 1.807) is 13.0 Å². The van der Waals surface area contributed by atoms with Gasteiger partial charge in [0.15, 0.2) is 0 Å². The van der Waals surface area contributed by atoms with Gasteiger partial charge in [0.25, 0.3) is 0 Å². The molecule has 0 aliphatic rings. The SMILES string of the molecule is C=CCC(N)(C(=O)OCC)c1ccccc1. The zero-order valence-electron chi connectivity index (χ0n) is 9.48. The van der Waals surface area contributed by atoms with Crippen LogP contribution in [0.3, 0.4) is 0 Å². The summed E-state index contributed by atoms with van der Waals surface area (Å²) in [5.41, 5.74) is 5.73. The second-order valence-electron chi connectivity index (χ2n) is 3.55. The number of ether oxygens (including phenoxy) is 1. The lowest BCUT2D eigenvalue weighted by molar-refractivity contribution is -0.150. The van der Waals surface area contributed by atoms with Gasteiger partial charge in [-0.2, -0.15) is 0 Å². The number of nitrogens with two attached hydrogens (primary N) is 1. The standard InChI is InChI=1S/C13H17NO2/c1-3-10-13(14,12(15)16-4-2)11-8-6-5-7-9-11/h3,5-9H,1,4,10,14H2,2H3. The summed E-state index contributed by atoms with van der Waals surface area (Å²) in [6.07, 6.45) is 1.99. The molecular formula is C13H17NO2. The molecule has 3 nitrogen and oxygen atoms in total. The van der Waals surface area contributed by atoms with Crippen LogP contribution in [0.25, 0.3) is 0 Å². The van der Waals surface area contributed by atoms with Crippen LogP contribution in [0.4, 0.5) is 0 Å². The van der Waals surface area contributed by atoms with Crippen LogP contribution in [0.15, 0.2) is 43.0 Å². The van der Waals surface area contributed by atoms with Gasteiger partial charge < -0.3 is 10.5 Å². The molecular weight excluding hydrogens is 202 g/mol. The van der Waals surface area contributed by atoms with Crippen LogP contribution in [0.1, 0.15) is 18.9 Å². The third kappa shape index (κ3) is 2.49. The van der Waals surface area contributed by atoms with Crippen LogP contribution in [-0.4, -0.2) is 12.6 Å². The highest BCUT2D eigenvalue weighted by Gasteiger charge is 2.36. The van der Waals surface area contributed by atoms with E-state index < -0.39 is 11.5 Å². The van der Waals surface area contributed by atoms with E-state index in [1.807, 2.05) is 30.3 Å². The van der Waals surface area contributed by atoms with Gasteiger partial charge in [-0.1, -0.05) is 36.4 Å². The average Bonchev–Trinajstić information content (AvgIpc) is 2.30. The highest BCUT2D eigenvalue weighted by Crippen LogP contribution is 2.24. The lowest BCUT2D eigenvalue weighted by Crippen LogP contribution is -2.45. The molecule has 0 saturated heterocycles. The summed E-state index contributed by atoms with van der Waals surface area (Å²) in [6, 6.07) is 9.21. The summed E-state index contributed by atoms with van der Waals surface area (Å²) < 4.78 is 5.00. The molecule has 0 spiro atoms. The van der Waals surface area contributed by atoms with Gasteiger partial charge in [0.05, 0.1) is 6.61 Å². The summed E-state index contributed by atoms with van der Waals surface area (Å²) in [6.45, 7) is 5.71. The normalized spacial score (nSPS) is 13.9. The molecule has 1 aromatic carbocycles. The molecule has 0 bridgehead atoms. The minimum Gasteiger partial charge on any atom is -0.464 e. The Kier molecular flexibility index (Phi) is 4.26. The van der Waals surface area contributed by atoms with Gasteiger partial charge in [0.2, 0.25) is 0 Å². The fraction of sp³-hybridized carbons (Fsp3) is 0.308. The van der Waals surface area contributed by atoms with Crippen molar-refractivity contribution in [2.24, 2.45) is 5.73 Å². The topological polar surface area (TPSA) is 52.3 Å². The van der Waals surface area contributed by atoms with E-state index in [4.69, 9.17) is 10.5 Å². The van der Waals surface area contributed by atoms with E-state index in [1.165, 1.54) is 0 Å². The van der Waals surface area contributed by atoms with Crippen molar-refractivity contribution in [3.05, 3.63) is 48.6 Å². The number of carbonyl (C=O) groups excluding carboxylic acids is 1. The summed E-state index contributed by atoms with van der Waals surface area (Å²) >= 11 is 0. The Morgan fingerprint density at radius 1 is 1.50 bits per heavy atom. The number of benzene rings is 1. The minimum atomic E-state index is -1.13. The van der Waals surface area contributed by atoms with Gasteiger partial charge in [-0.15, -0.1) is 6.58 Å². The fourth-order valence-corrected chi connectivity index (χ4v) is 1.54. The Balaban J connectivity index is 3.05. The monoisotopic (exact) mass is 219 g/mol. The molecule has 0 saturated carbocycles. The Bertz CT molecular complexity index is 361. The molecule has 0 amide bonds. The molecule has 0 radical (unpaired) electrons. The molecule has 0 fully saturated rings. The number of rotatable bonds is 5. The number of hydrogen-bond donors (Lipinski definition) is 1. The second kappa shape index (κ2) is 5.47. The first-order valence-corrected chi connectivity index (χ1v) is 5.27. The van der Waals surface area contributed by atoms with Crippen LogP contribution < -0.4 is 5.73 Å². The van der Waals surface area contributed by atoms with Crippen molar-refractivity contribution in [1.82, 2.24) is 0 Å². The summed E-state index contributed by atoms with van der Waals surface area (Å²) in [5, 5.41) is 0. The Morgan fingerprint density at radius 2 is 2.12 bits per heavy atom. The molecule has 0 aliphatic carbocycles.